The molecule has 0 saturated heterocycles. The van der Waals surface area contributed by atoms with Crippen molar-refractivity contribution < 1.29 is 22.6 Å². The molecule has 3 aromatic heterocycles. The van der Waals surface area contributed by atoms with Crippen molar-refractivity contribution in [3.63, 3.8) is 0 Å². The number of hydrogen-bond donors (Lipinski definition) is 0. The number of rotatable bonds is 10. The number of hydrogen-bond acceptors (Lipinski definition) is 10. The number of thiazole rings is 1. The molecule has 10 nitrogen and oxygen atoms in total. The summed E-state index contributed by atoms with van der Waals surface area (Å²) in [6.45, 7) is 7.39. The van der Waals surface area contributed by atoms with E-state index < -0.39 is 26.9 Å². The predicted octanol–water partition coefficient (Wildman–Crippen LogP) is 4.42. The second-order valence-corrected chi connectivity index (χ2v) is 12.5. The van der Waals surface area contributed by atoms with Gasteiger partial charge in [0.1, 0.15) is 34.1 Å². The maximum Gasteiger partial charge on any atom is 0.170 e. The third kappa shape index (κ3) is 5.29. The zero-order valence-electron chi connectivity index (χ0n) is 22.4. The van der Waals surface area contributed by atoms with E-state index in [1.165, 1.54) is 32.7 Å². The first-order valence-corrected chi connectivity index (χ1v) is 14.4. The zero-order valence-corrected chi connectivity index (χ0v) is 24.1. The fraction of sp³-hybridized carbons (Fsp3) is 0.385. The predicted molar refractivity (Wildman–Crippen MR) is 146 cm³/mol. The van der Waals surface area contributed by atoms with Crippen LogP contribution in [0.4, 0.5) is 0 Å². The van der Waals surface area contributed by atoms with Crippen molar-refractivity contribution in [3.05, 3.63) is 63.6 Å². The minimum Gasteiger partial charge on any atom is -0.494 e. The lowest BCUT2D eigenvalue weighted by Crippen LogP contribution is -2.29. The fourth-order valence-corrected chi connectivity index (χ4v) is 6.79. The summed E-state index contributed by atoms with van der Waals surface area (Å²) in [6, 6.07) is 7.24. The summed E-state index contributed by atoms with van der Waals surface area (Å²) in [5, 5.41) is 8.45. The number of sulfone groups is 1. The van der Waals surface area contributed by atoms with Crippen molar-refractivity contribution in [1.82, 2.24) is 24.7 Å². The second-order valence-electron chi connectivity index (χ2n) is 8.90. The molecule has 0 unspecified atom stereocenters. The van der Waals surface area contributed by atoms with Crippen LogP contribution in [-0.4, -0.2) is 59.7 Å². The van der Waals surface area contributed by atoms with Gasteiger partial charge in [0.15, 0.2) is 21.5 Å². The number of pyridine rings is 1. The second kappa shape index (κ2) is 11.2. The van der Waals surface area contributed by atoms with E-state index in [4.69, 9.17) is 14.2 Å². The lowest BCUT2D eigenvalue weighted by atomic mass is 10.2. The number of para-hydroxylation sites is 1. The van der Waals surface area contributed by atoms with E-state index in [1.54, 1.807) is 42.1 Å². The molecule has 1 aromatic carbocycles. The highest BCUT2D eigenvalue weighted by Gasteiger charge is 2.35. The molecule has 38 heavy (non-hydrogen) atoms. The Morgan fingerprint density at radius 2 is 1.71 bits per heavy atom. The van der Waals surface area contributed by atoms with Crippen LogP contribution < -0.4 is 9.47 Å². The van der Waals surface area contributed by atoms with Crippen LogP contribution >= 0.6 is 11.3 Å². The van der Waals surface area contributed by atoms with Gasteiger partial charge in [-0.25, -0.2) is 13.4 Å². The van der Waals surface area contributed by atoms with Gasteiger partial charge in [-0.3, -0.25) is 9.55 Å². The molecule has 0 aliphatic heterocycles. The molecule has 12 heteroatoms. The van der Waals surface area contributed by atoms with Crippen molar-refractivity contribution in [1.29, 1.82) is 0 Å². The van der Waals surface area contributed by atoms with Gasteiger partial charge in [0, 0.05) is 29.9 Å². The third-order valence-corrected chi connectivity index (χ3v) is 9.53. The van der Waals surface area contributed by atoms with Crippen molar-refractivity contribution in [2.24, 2.45) is 0 Å². The Morgan fingerprint density at radius 1 is 1.03 bits per heavy atom. The molecule has 0 aliphatic carbocycles. The van der Waals surface area contributed by atoms with Crippen LogP contribution in [-0.2, 0) is 20.3 Å². The van der Waals surface area contributed by atoms with Gasteiger partial charge in [-0.15, -0.1) is 21.5 Å². The molecule has 0 bridgehead atoms. The van der Waals surface area contributed by atoms with Gasteiger partial charge < -0.3 is 14.2 Å². The summed E-state index contributed by atoms with van der Waals surface area (Å²) in [4.78, 5) is 9.85. The first-order valence-electron chi connectivity index (χ1n) is 11.9. The largest absolute Gasteiger partial charge is 0.494 e. The first-order chi connectivity index (χ1) is 18.1. The molecule has 2 atom stereocenters. The molecule has 0 N–H and O–H groups in total. The highest BCUT2D eigenvalue weighted by molar-refractivity contribution is 7.91. The summed E-state index contributed by atoms with van der Waals surface area (Å²) < 4.78 is 46.2. The van der Waals surface area contributed by atoms with E-state index in [-0.39, 0.29) is 5.82 Å². The molecule has 0 radical (unpaired) electrons. The molecule has 202 valence electrons. The van der Waals surface area contributed by atoms with Crippen LogP contribution in [0.15, 0.2) is 36.7 Å². The Bertz CT molecular complexity index is 1510. The molecule has 0 amide bonds. The van der Waals surface area contributed by atoms with Crippen LogP contribution in [0.3, 0.4) is 0 Å². The molecule has 0 spiro atoms. The number of aromatic nitrogens is 5. The van der Waals surface area contributed by atoms with Crippen molar-refractivity contribution in [3.8, 4) is 28.6 Å². The van der Waals surface area contributed by atoms with Crippen LogP contribution in [0.25, 0.3) is 17.1 Å². The van der Waals surface area contributed by atoms with Gasteiger partial charge in [0.05, 0.1) is 25.2 Å². The van der Waals surface area contributed by atoms with Crippen molar-refractivity contribution >= 4 is 21.2 Å². The standard InChI is InChI=1S/C26H31N5O5S2/c1-15-11-19(13-27-12-15)25-30-29-22(31(25)23-20(34-5)9-8-10-21(23)35-6)14-38(32,33)18(4)24(36-7)26-28-16(2)17(3)37-26/h8-13,18,24H,14H2,1-7H3/t18-,24+/m1/s1. The minimum atomic E-state index is -3.80. The highest BCUT2D eigenvalue weighted by Crippen LogP contribution is 2.37. The SMILES string of the molecule is COc1cccc(OC)c1-n1c(CS(=O)(=O)[C@H](C)[C@H](OC)c2nc(C)c(C)s2)nnc1-c1cncc(C)c1. The molecule has 0 aliphatic rings. The van der Waals surface area contributed by atoms with E-state index in [1.807, 2.05) is 26.8 Å². The van der Waals surface area contributed by atoms with E-state index in [9.17, 15) is 8.42 Å². The fourth-order valence-electron chi connectivity index (χ4n) is 4.17. The Morgan fingerprint density at radius 3 is 2.26 bits per heavy atom. The number of benzene rings is 1. The average Bonchev–Trinajstić information content (AvgIpc) is 3.45. The zero-order chi connectivity index (χ0) is 27.6. The normalized spacial score (nSPS) is 13.3. The molecule has 0 saturated carbocycles. The number of aryl methyl sites for hydroxylation is 3. The Kier molecular flexibility index (Phi) is 8.14. The summed E-state index contributed by atoms with van der Waals surface area (Å²) >= 11 is 1.44. The van der Waals surface area contributed by atoms with Crippen molar-refractivity contribution in [2.45, 2.75) is 44.8 Å². The van der Waals surface area contributed by atoms with Crippen LogP contribution in [0.2, 0.25) is 0 Å². The summed E-state index contributed by atoms with van der Waals surface area (Å²) in [5.74, 6) is 1.17. The van der Waals surface area contributed by atoms with Crippen LogP contribution in [0, 0.1) is 20.8 Å². The number of methoxy groups -OCH3 is 3. The van der Waals surface area contributed by atoms with Crippen LogP contribution in [0.5, 0.6) is 11.5 Å². The molecule has 3 heterocycles. The molecular weight excluding hydrogens is 526 g/mol. The summed E-state index contributed by atoms with van der Waals surface area (Å²) in [5.41, 5.74) is 2.94. The lowest BCUT2D eigenvalue weighted by molar-refractivity contribution is 0.102. The number of nitrogens with zero attached hydrogens (tertiary/aromatic N) is 5. The monoisotopic (exact) mass is 557 g/mol. The van der Waals surface area contributed by atoms with Gasteiger partial charge in [0.25, 0.3) is 0 Å². The van der Waals surface area contributed by atoms with Crippen LogP contribution in [0.1, 0.15) is 40.0 Å². The van der Waals surface area contributed by atoms with Crippen molar-refractivity contribution in [2.75, 3.05) is 21.3 Å². The van der Waals surface area contributed by atoms with E-state index in [0.29, 0.717) is 33.6 Å². The van der Waals surface area contributed by atoms with E-state index in [0.717, 1.165) is 16.1 Å². The third-order valence-electron chi connectivity index (χ3n) is 6.35. The van der Waals surface area contributed by atoms with Gasteiger partial charge in [-0.2, -0.15) is 0 Å². The van der Waals surface area contributed by atoms with Gasteiger partial charge in [-0.1, -0.05) is 6.07 Å². The summed E-state index contributed by atoms with van der Waals surface area (Å²) in [6.07, 6.45) is 2.66. The first kappa shape index (κ1) is 27.7. The van der Waals surface area contributed by atoms with Gasteiger partial charge in [0.2, 0.25) is 0 Å². The number of ether oxygens (including phenoxy) is 3. The maximum absolute atomic E-state index is 13.8. The minimum absolute atomic E-state index is 0.206. The topological polar surface area (TPSA) is 118 Å². The van der Waals surface area contributed by atoms with E-state index >= 15 is 0 Å². The lowest BCUT2D eigenvalue weighted by Gasteiger charge is -2.22. The Hall–Kier alpha value is -3.35. The quantitative estimate of drug-likeness (QED) is 0.279. The molecule has 4 aromatic rings. The van der Waals surface area contributed by atoms with Gasteiger partial charge in [-0.05, 0) is 51.5 Å². The molecule has 0 fully saturated rings. The highest BCUT2D eigenvalue weighted by atomic mass is 32.2. The molecular formula is C26H31N5O5S2. The smallest absolute Gasteiger partial charge is 0.170 e. The Labute approximate surface area is 226 Å². The summed E-state index contributed by atoms with van der Waals surface area (Å²) in [7, 11) is 0.768. The maximum atomic E-state index is 13.8. The average molecular weight is 558 g/mol. The Balaban J connectivity index is 1.85. The van der Waals surface area contributed by atoms with E-state index in [2.05, 4.69) is 20.2 Å². The molecule has 4 rings (SSSR count). The van der Waals surface area contributed by atoms with Gasteiger partial charge >= 0.3 is 0 Å².